The third-order valence-corrected chi connectivity index (χ3v) is 1.94. The van der Waals surface area contributed by atoms with Gasteiger partial charge in [0.2, 0.25) is 0 Å². The molecule has 4 nitrogen and oxygen atoms in total. The highest BCUT2D eigenvalue weighted by Gasteiger charge is 2.03. The Bertz CT molecular complexity index is 430. The van der Waals surface area contributed by atoms with Crippen molar-refractivity contribution in [3.05, 3.63) is 18.5 Å². The molecule has 2 rings (SSSR count). The molecule has 0 atom stereocenters. The minimum atomic E-state index is 0.867. The van der Waals surface area contributed by atoms with Crippen molar-refractivity contribution in [2.24, 2.45) is 7.05 Å². The summed E-state index contributed by atoms with van der Waals surface area (Å²) in [5.74, 6) is 0.935. The van der Waals surface area contributed by atoms with Gasteiger partial charge in [-0.25, -0.2) is 9.97 Å². The van der Waals surface area contributed by atoms with Crippen LogP contribution >= 0.6 is 0 Å². The smallest absolute Gasteiger partial charge is 0.178 e. The monoisotopic (exact) mass is 175 g/mol. The molecule has 2 aromatic rings. The predicted octanol–water partition coefficient (Wildman–Crippen LogP) is 0.834. The molecule has 0 fully saturated rings. The number of hydrogen-bond donors (Lipinski definition) is 0. The van der Waals surface area contributed by atoms with Crippen LogP contribution in [0.4, 0.5) is 5.82 Å². The van der Waals surface area contributed by atoms with E-state index in [1.165, 1.54) is 0 Å². The Balaban J connectivity index is 2.66. The molecule has 0 aliphatic rings. The van der Waals surface area contributed by atoms with Crippen molar-refractivity contribution in [3.8, 4) is 0 Å². The first-order valence-corrected chi connectivity index (χ1v) is 4.07. The number of aryl methyl sites for hydroxylation is 1. The van der Waals surface area contributed by atoms with Crippen molar-refractivity contribution >= 4 is 17.0 Å². The number of aromatic nitrogens is 3. The Morgan fingerprint density at radius 3 is 2.85 bits per heavy atom. The minimum absolute atomic E-state index is 0.867. The zero-order chi connectivity index (χ0) is 9.42. The molecule has 0 aromatic carbocycles. The van der Waals surface area contributed by atoms with Gasteiger partial charge in [0.25, 0.3) is 0 Å². The summed E-state index contributed by atoms with van der Waals surface area (Å²) >= 11 is 0. The molecule has 1 radical (unpaired) electrons. The van der Waals surface area contributed by atoms with Gasteiger partial charge in [-0.15, -0.1) is 0 Å². The van der Waals surface area contributed by atoms with Gasteiger partial charge in [0.15, 0.2) is 12.0 Å². The summed E-state index contributed by atoms with van der Waals surface area (Å²) in [6.45, 7) is 0. The van der Waals surface area contributed by atoms with E-state index in [-0.39, 0.29) is 0 Å². The van der Waals surface area contributed by atoms with E-state index in [0.717, 1.165) is 17.0 Å². The van der Waals surface area contributed by atoms with Gasteiger partial charge >= 0.3 is 0 Å². The standard InChI is InChI=1S/C9H11N4/c1-12(2)8-5-4-7-9(11-8)13(3)6-10-7/h4-5H,1-3H3. The van der Waals surface area contributed by atoms with Gasteiger partial charge in [-0.2, -0.15) is 0 Å². The lowest BCUT2D eigenvalue weighted by molar-refractivity contribution is 0.916. The van der Waals surface area contributed by atoms with E-state index in [0.29, 0.717) is 0 Å². The molecule has 0 bridgehead atoms. The summed E-state index contributed by atoms with van der Waals surface area (Å²) in [4.78, 5) is 10.5. The van der Waals surface area contributed by atoms with E-state index in [1.807, 2.05) is 38.2 Å². The fourth-order valence-electron chi connectivity index (χ4n) is 1.19. The normalized spacial score (nSPS) is 10.7. The number of hydrogen-bond acceptors (Lipinski definition) is 3. The Kier molecular flexibility index (Phi) is 1.69. The molecule has 0 unspecified atom stereocenters. The number of rotatable bonds is 1. The molecule has 2 heterocycles. The van der Waals surface area contributed by atoms with Crippen LogP contribution in [0, 0.1) is 6.33 Å². The second-order valence-corrected chi connectivity index (χ2v) is 3.18. The summed E-state index contributed by atoms with van der Waals surface area (Å²) < 4.78 is 1.79. The van der Waals surface area contributed by atoms with Crippen LogP contribution in [0.3, 0.4) is 0 Å². The van der Waals surface area contributed by atoms with Gasteiger partial charge in [0.05, 0.1) is 0 Å². The van der Waals surface area contributed by atoms with Crippen molar-refractivity contribution in [3.63, 3.8) is 0 Å². The molecule has 0 saturated heterocycles. The van der Waals surface area contributed by atoms with Crippen molar-refractivity contribution in [1.29, 1.82) is 0 Å². The van der Waals surface area contributed by atoms with Crippen molar-refractivity contribution in [2.45, 2.75) is 0 Å². The number of nitrogens with zero attached hydrogens (tertiary/aromatic N) is 4. The van der Waals surface area contributed by atoms with Crippen LogP contribution in [0.2, 0.25) is 0 Å². The number of anilines is 1. The van der Waals surface area contributed by atoms with Crippen LogP contribution in [-0.4, -0.2) is 28.6 Å². The van der Waals surface area contributed by atoms with Gasteiger partial charge in [-0.3, -0.25) is 0 Å². The van der Waals surface area contributed by atoms with E-state index >= 15 is 0 Å². The summed E-state index contributed by atoms with van der Waals surface area (Å²) in [6, 6.07) is 3.90. The lowest BCUT2D eigenvalue weighted by Gasteiger charge is -2.10. The molecule has 4 heteroatoms. The molecule has 0 aliphatic heterocycles. The van der Waals surface area contributed by atoms with Gasteiger partial charge < -0.3 is 9.47 Å². The van der Waals surface area contributed by atoms with Crippen LogP contribution in [-0.2, 0) is 7.05 Å². The zero-order valence-electron chi connectivity index (χ0n) is 7.94. The molecule has 67 valence electrons. The molecule has 0 aliphatic carbocycles. The highest BCUT2D eigenvalue weighted by atomic mass is 15.2. The van der Waals surface area contributed by atoms with Crippen LogP contribution in [0.15, 0.2) is 12.1 Å². The molecule has 0 saturated carbocycles. The van der Waals surface area contributed by atoms with E-state index in [2.05, 4.69) is 16.3 Å². The van der Waals surface area contributed by atoms with E-state index in [9.17, 15) is 0 Å². The highest BCUT2D eigenvalue weighted by molar-refractivity contribution is 5.72. The van der Waals surface area contributed by atoms with E-state index < -0.39 is 0 Å². The second-order valence-electron chi connectivity index (χ2n) is 3.18. The van der Waals surface area contributed by atoms with Gasteiger partial charge in [-0.05, 0) is 12.1 Å². The zero-order valence-corrected chi connectivity index (χ0v) is 7.94. The largest absolute Gasteiger partial charge is 0.363 e. The fraction of sp³-hybridized carbons (Fsp3) is 0.333. The molecule has 13 heavy (non-hydrogen) atoms. The van der Waals surface area contributed by atoms with E-state index in [4.69, 9.17) is 0 Å². The van der Waals surface area contributed by atoms with E-state index in [1.54, 1.807) is 4.57 Å². The predicted molar refractivity (Wildman–Crippen MR) is 51.7 cm³/mol. The highest BCUT2D eigenvalue weighted by Crippen LogP contribution is 2.13. The molecule has 0 amide bonds. The van der Waals surface area contributed by atoms with Gasteiger partial charge in [0.1, 0.15) is 11.3 Å². The maximum absolute atomic E-state index is 4.43. The third kappa shape index (κ3) is 1.24. The van der Waals surface area contributed by atoms with Crippen LogP contribution < -0.4 is 4.90 Å². The summed E-state index contributed by atoms with van der Waals surface area (Å²) in [7, 11) is 5.82. The molecule has 0 spiro atoms. The van der Waals surface area contributed by atoms with Crippen LogP contribution in [0.5, 0.6) is 0 Å². The molecule has 2 aromatic heterocycles. The Morgan fingerprint density at radius 2 is 2.15 bits per heavy atom. The summed E-state index contributed by atoms with van der Waals surface area (Å²) in [5, 5.41) is 0. The maximum atomic E-state index is 4.43. The first-order chi connectivity index (χ1) is 6.18. The quantitative estimate of drug-likeness (QED) is 0.644. The second kappa shape index (κ2) is 2.73. The first kappa shape index (κ1) is 8.04. The van der Waals surface area contributed by atoms with Gasteiger partial charge in [-0.1, -0.05) is 0 Å². The average Bonchev–Trinajstić information content (AvgIpc) is 2.47. The average molecular weight is 175 g/mol. The SMILES string of the molecule is CN(C)c1ccc2n[c]n(C)c2n1. The summed E-state index contributed by atoms with van der Waals surface area (Å²) in [5.41, 5.74) is 1.75. The third-order valence-electron chi connectivity index (χ3n) is 1.94. The number of pyridine rings is 1. The van der Waals surface area contributed by atoms with Crippen LogP contribution in [0.25, 0.3) is 11.2 Å². The Labute approximate surface area is 76.8 Å². The Hall–Kier alpha value is -1.58. The maximum Gasteiger partial charge on any atom is 0.178 e. The number of imidazole rings is 1. The minimum Gasteiger partial charge on any atom is -0.363 e. The van der Waals surface area contributed by atoms with Gasteiger partial charge in [0, 0.05) is 21.1 Å². The topological polar surface area (TPSA) is 34.0 Å². The molecular formula is C9H11N4. The fourth-order valence-corrected chi connectivity index (χ4v) is 1.19. The lowest BCUT2D eigenvalue weighted by Crippen LogP contribution is -2.10. The molecular weight excluding hydrogens is 164 g/mol. The van der Waals surface area contributed by atoms with Crippen molar-refractivity contribution < 1.29 is 0 Å². The van der Waals surface area contributed by atoms with Crippen molar-refractivity contribution in [1.82, 2.24) is 14.5 Å². The number of fused-ring (bicyclic) bond motifs is 1. The lowest BCUT2D eigenvalue weighted by atomic mass is 10.4. The van der Waals surface area contributed by atoms with Crippen LogP contribution in [0.1, 0.15) is 0 Å². The molecule has 0 N–H and O–H groups in total. The van der Waals surface area contributed by atoms with Crippen molar-refractivity contribution in [2.75, 3.05) is 19.0 Å². The summed E-state index contributed by atoms with van der Waals surface area (Å²) in [6.07, 6.45) is 2.83. The Morgan fingerprint density at radius 1 is 1.38 bits per heavy atom. The first-order valence-electron chi connectivity index (χ1n) is 4.07.